The Morgan fingerprint density at radius 3 is 2.79 bits per heavy atom. The lowest BCUT2D eigenvalue weighted by molar-refractivity contribution is 0.273. The Balaban J connectivity index is 1.99. The van der Waals surface area contributed by atoms with E-state index in [1.165, 1.54) is 30.5 Å². The van der Waals surface area contributed by atoms with Gasteiger partial charge in [0.25, 0.3) is 0 Å². The SMILES string of the molecule is Cc1cnccc1NN1CCCCC1. The average Bonchev–Trinajstić information content (AvgIpc) is 2.23. The minimum absolute atomic E-state index is 1.15. The number of anilines is 1. The van der Waals surface area contributed by atoms with Gasteiger partial charge in [0.2, 0.25) is 0 Å². The quantitative estimate of drug-likeness (QED) is 0.776. The van der Waals surface area contributed by atoms with E-state index in [4.69, 9.17) is 0 Å². The van der Waals surface area contributed by atoms with Crippen LogP contribution >= 0.6 is 0 Å². The third-order valence-corrected chi connectivity index (χ3v) is 2.65. The number of piperidine rings is 1. The van der Waals surface area contributed by atoms with Gasteiger partial charge in [-0.2, -0.15) is 0 Å². The maximum atomic E-state index is 4.08. The van der Waals surface area contributed by atoms with Crippen LogP contribution in [0, 0.1) is 6.92 Å². The van der Waals surface area contributed by atoms with Gasteiger partial charge in [-0.05, 0) is 31.4 Å². The van der Waals surface area contributed by atoms with Gasteiger partial charge in [0, 0.05) is 25.5 Å². The largest absolute Gasteiger partial charge is 0.318 e. The Bertz CT molecular complexity index is 292. The molecule has 0 amide bonds. The zero-order chi connectivity index (χ0) is 9.80. The summed E-state index contributed by atoms with van der Waals surface area (Å²) in [5.41, 5.74) is 5.83. The fourth-order valence-corrected chi connectivity index (χ4v) is 1.77. The third kappa shape index (κ3) is 2.23. The van der Waals surface area contributed by atoms with Gasteiger partial charge in [0.05, 0.1) is 5.69 Å². The Hall–Kier alpha value is -1.09. The van der Waals surface area contributed by atoms with Crippen LogP contribution in [0.2, 0.25) is 0 Å². The zero-order valence-corrected chi connectivity index (χ0v) is 8.66. The molecule has 1 aliphatic heterocycles. The van der Waals surface area contributed by atoms with Crippen LogP contribution in [0.4, 0.5) is 5.69 Å². The molecule has 0 aromatic carbocycles. The van der Waals surface area contributed by atoms with Gasteiger partial charge < -0.3 is 5.43 Å². The Kier molecular flexibility index (Phi) is 2.99. The van der Waals surface area contributed by atoms with E-state index in [-0.39, 0.29) is 0 Å². The number of hydrazine groups is 1. The molecule has 3 nitrogen and oxygen atoms in total. The van der Waals surface area contributed by atoms with E-state index in [1.807, 2.05) is 18.5 Å². The number of nitrogens with one attached hydrogen (secondary N) is 1. The first-order chi connectivity index (χ1) is 6.86. The highest BCUT2D eigenvalue weighted by Crippen LogP contribution is 2.15. The average molecular weight is 191 g/mol. The lowest BCUT2D eigenvalue weighted by atomic mass is 10.2. The fraction of sp³-hybridized carbons (Fsp3) is 0.545. The molecule has 0 bridgehead atoms. The third-order valence-electron chi connectivity index (χ3n) is 2.65. The molecular formula is C11H17N3. The molecule has 0 atom stereocenters. The molecule has 1 aliphatic rings. The van der Waals surface area contributed by atoms with Crippen LogP contribution in [0.25, 0.3) is 0 Å². The second-order valence-electron chi connectivity index (χ2n) is 3.85. The molecule has 0 radical (unpaired) electrons. The summed E-state index contributed by atoms with van der Waals surface area (Å²) >= 11 is 0. The Labute approximate surface area is 85.1 Å². The van der Waals surface area contributed by atoms with Crippen LogP contribution < -0.4 is 5.43 Å². The molecule has 2 rings (SSSR count). The number of hydrogen-bond acceptors (Lipinski definition) is 3. The van der Waals surface area contributed by atoms with Gasteiger partial charge >= 0.3 is 0 Å². The summed E-state index contributed by atoms with van der Waals surface area (Å²) in [6.07, 6.45) is 7.70. The van der Waals surface area contributed by atoms with Gasteiger partial charge in [-0.1, -0.05) is 6.42 Å². The minimum Gasteiger partial charge on any atom is -0.318 e. The van der Waals surface area contributed by atoms with Crippen molar-refractivity contribution < 1.29 is 0 Å². The molecule has 0 aliphatic carbocycles. The summed E-state index contributed by atoms with van der Waals surface area (Å²) < 4.78 is 0. The van der Waals surface area contributed by atoms with E-state index in [0.717, 1.165) is 13.1 Å². The molecule has 0 unspecified atom stereocenters. The van der Waals surface area contributed by atoms with Crippen molar-refractivity contribution in [2.24, 2.45) is 0 Å². The molecule has 1 aromatic rings. The van der Waals surface area contributed by atoms with E-state index in [0.29, 0.717) is 0 Å². The normalized spacial score (nSPS) is 18.1. The molecule has 14 heavy (non-hydrogen) atoms. The number of hydrogen-bond donors (Lipinski definition) is 1. The van der Waals surface area contributed by atoms with Crippen molar-refractivity contribution in [1.82, 2.24) is 9.99 Å². The van der Waals surface area contributed by atoms with E-state index >= 15 is 0 Å². The highest BCUT2D eigenvalue weighted by Gasteiger charge is 2.09. The van der Waals surface area contributed by atoms with Crippen molar-refractivity contribution in [3.63, 3.8) is 0 Å². The first kappa shape index (κ1) is 9.46. The number of rotatable bonds is 2. The predicted molar refractivity (Wildman–Crippen MR) is 58.0 cm³/mol. The number of nitrogens with zero attached hydrogens (tertiary/aromatic N) is 2. The maximum absolute atomic E-state index is 4.08. The molecule has 3 heteroatoms. The van der Waals surface area contributed by atoms with E-state index < -0.39 is 0 Å². The summed E-state index contributed by atoms with van der Waals surface area (Å²) in [7, 11) is 0. The van der Waals surface area contributed by atoms with Crippen LogP contribution in [0.5, 0.6) is 0 Å². The minimum atomic E-state index is 1.15. The van der Waals surface area contributed by atoms with Crippen molar-refractivity contribution in [2.45, 2.75) is 26.2 Å². The van der Waals surface area contributed by atoms with Crippen molar-refractivity contribution in [1.29, 1.82) is 0 Å². The molecular weight excluding hydrogens is 174 g/mol. The molecule has 1 saturated heterocycles. The van der Waals surface area contributed by atoms with Crippen LogP contribution in [-0.2, 0) is 0 Å². The molecule has 1 aromatic heterocycles. The highest BCUT2D eigenvalue weighted by atomic mass is 15.5. The van der Waals surface area contributed by atoms with Crippen molar-refractivity contribution in [2.75, 3.05) is 18.5 Å². The number of aryl methyl sites for hydroxylation is 1. The van der Waals surface area contributed by atoms with Gasteiger partial charge in [0.15, 0.2) is 0 Å². The summed E-state index contributed by atoms with van der Waals surface area (Å²) in [6.45, 7) is 4.39. The topological polar surface area (TPSA) is 28.2 Å². The van der Waals surface area contributed by atoms with E-state index in [2.05, 4.69) is 22.3 Å². The van der Waals surface area contributed by atoms with Gasteiger partial charge in [-0.25, -0.2) is 5.01 Å². The maximum Gasteiger partial charge on any atom is 0.0549 e. The highest BCUT2D eigenvalue weighted by molar-refractivity contribution is 5.47. The smallest absolute Gasteiger partial charge is 0.0549 e. The molecule has 0 saturated carbocycles. The first-order valence-electron chi connectivity index (χ1n) is 5.28. The number of pyridine rings is 1. The van der Waals surface area contributed by atoms with E-state index in [1.54, 1.807) is 0 Å². The number of aromatic nitrogens is 1. The first-order valence-corrected chi connectivity index (χ1v) is 5.28. The molecule has 76 valence electrons. The summed E-state index contributed by atoms with van der Waals surface area (Å²) in [6, 6.07) is 2.03. The van der Waals surface area contributed by atoms with Gasteiger partial charge in [-0.3, -0.25) is 4.98 Å². The van der Waals surface area contributed by atoms with Crippen LogP contribution in [0.1, 0.15) is 24.8 Å². The molecule has 1 fully saturated rings. The van der Waals surface area contributed by atoms with Crippen molar-refractivity contribution >= 4 is 5.69 Å². The van der Waals surface area contributed by atoms with Crippen LogP contribution in [0.3, 0.4) is 0 Å². The van der Waals surface area contributed by atoms with E-state index in [9.17, 15) is 0 Å². The second-order valence-corrected chi connectivity index (χ2v) is 3.85. The lowest BCUT2D eigenvalue weighted by Gasteiger charge is -2.28. The zero-order valence-electron chi connectivity index (χ0n) is 8.66. The lowest BCUT2D eigenvalue weighted by Crippen LogP contribution is -2.35. The van der Waals surface area contributed by atoms with Crippen molar-refractivity contribution in [3.05, 3.63) is 24.0 Å². The van der Waals surface area contributed by atoms with Crippen molar-refractivity contribution in [3.8, 4) is 0 Å². The van der Waals surface area contributed by atoms with Gasteiger partial charge in [0.1, 0.15) is 0 Å². The summed E-state index contributed by atoms with van der Waals surface area (Å²) in [5, 5.41) is 2.30. The molecule has 2 heterocycles. The monoisotopic (exact) mass is 191 g/mol. The van der Waals surface area contributed by atoms with Crippen LogP contribution in [-0.4, -0.2) is 23.1 Å². The molecule has 1 N–H and O–H groups in total. The fourth-order valence-electron chi connectivity index (χ4n) is 1.77. The summed E-state index contributed by atoms with van der Waals surface area (Å²) in [5.74, 6) is 0. The predicted octanol–water partition coefficient (Wildman–Crippen LogP) is 2.20. The van der Waals surface area contributed by atoms with Gasteiger partial charge in [-0.15, -0.1) is 0 Å². The van der Waals surface area contributed by atoms with Crippen LogP contribution in [0.15, 0.2) is 18.5 Å². The Morgan fingerprint density at radius 1 is 1.29 bits per heavy atom. The second kappa shape index (κ2) is 4.42. The summed E-state index contributed by atoms with van der Waals surface area (Å²) in [4.78, 5) is 4.08. The Morgan fingerprint density at radius 2 is 2.07 bits per heavy atom. The standard InChI is InChI=1S/C11H17N3/c1-10-9-12-6-5-11(10)13-14-7-3-2-4-8-14/h5-6,9H,2-4,7-8H2,1H3,(H,12,13). The molecule has 0 spiro atoms.